The second-order valence-corrected chi connectivity index (χ2v) is 8.37. The number of alkyl halides is 3. The van der Waals surface area contributed by atoms with E-state index in [0.717, 1.165) is 39.9 Å². The average molecular weight is 489 g/mol. The van der Waals surface area contributed by atoms with Gasteiger partial charge in [0, 0.05) is 11.3 Å². The molecule has 4 aromatic rings. The zero-order chi connectivity index (χ0) is 25.6. The Hall–Kier alpha value is -4.59. The number of phenolic OH excluding ortho intramolecular Hbond substituents is 1. The maximum Gasteiger partial charge on any atom is 0.416 e. The SMILES string of the molecule is O=C1C(=O)N(c2ccc(C(F)(F)F)cc2)C(c2cccc(O)c2)/C1=C(/O)c1ccc2ccccc2c1. The van der Waals surface area contributed by atoms with Crippen molar-refractivity contribution in [2.45, 2.75) is 12.2 Å². The lowest BCUT2D eigenvalue weighted by Gasteiger charge is -2.26. The summed E-state index contributed by atoms with van der Waals surface area (Å²) in [5.74, 6) is -2.57. The summed E-state index contributed by atoms with van der Waals surface area (Å²) in [5, 5.41) is 23.0. The van der Waals surface area contributed by atoms with Gasteiger partial charge in [0.05, 0.1) is 17.2 Å². The summed E-state index contributed by atoms with van der Waals surface area (Å²) < 4.78 is 39.3. The zero-order valence-corrected chi connectivity index (χ0v) is 18.5. The smallest absolute Gasteiger partial charge is 0.416 e. The fourth-order valence-electron chi connectivity index (χ4n) is 4.41. The molecular formula is C28H18F3NO4. The standard InChI is InChI=1S/C28H18F3NO4/c29-28(30,31)20-10-12-21(13-11-20)32-24(18-6-3-7-22(33)15-18)23(26(35)27(32)36)25(34)19-9-8-16-4-1-2-5-17(16)14-19/h1-15,24,33-34H/b25-23-. The van der Waals surface area contributed by atoms with E-state index in [0.29, 0.717) is 11.1 Å². The first-order valence-electron chi connectivity index (χ1n) is 10.9. The minimum Gasteiger partial charge on any atom is -0.508 e. The van der Waals surface area contributed by atoms with Crippen molar-refractivity contribution in [2.24, 2.45) is 0 Å². The number of benzene rings is 4. The average Bonchev–Trinajstić information content (AvgIpc) is 3.13. The van der Waals surface area contributed by atoms with Gasteiger partial charge in [0.1, 0.15) is 11.5 Å². The first-order valence-corrected chi connectivity index (χ1v) is 10.9. The van der Waals surface area contributed by atoms with E-state index in [1.54, 1.807) is 24.3 Å². The first kappa shape index (κ1) is 23.2. The highest BCUT2D eigenvalue weighted by molar-refractivity contribution is 6.51. The van der Waals surface area contributed by atoms with Crippen molar-refractivity contribution in [2.75, 3.05) is 4.90 Å². The molecule has 1 unspecified atom stereocenters. The number of anilines is 1. The van der Waals surface area contributed by atoms with Gasteiger partial charge in [0.25, 0.3) is 11.7 Å². The highest BCUT2D eigenvalue weighted by Crippen LogP contribution is 2.43. The van der Waals surface area contributed by atoms with Gasteiger partial charge < -0.3 is 10.2 Å². The van der Waals surface area contributed by atoms with Gasteiger partial charge in [0.15, 0.2) is 0 Å². The number of ketones is 1. The van der Waals surface area contributed by atoms with E-state index in [-0.39, 0.29) is 17.0 Å². The van der Waals surface area contributed by atoms with Crippen molar-refractivity contribution < 1.29 is 33.0 Å². The van der Waals surface area contributed by atoms with E-state index in [1.165, 1.54) is 18.2 Å². The maximum atomic E-state index is 13.2. The third-order valence-corrected chi connectivity index (χ3v) is 6.13. The number of carbonyl (C=O) groups is 2. The summed E-state index contributed by atoms with van der Waals surface area (Å²) in [6.07, 6.45) is -4.58. The number of hydrogen-bond acceptors (Lipinski definition) is 4. The quantitative estimate of drug-likeness (QED) is 0.204. The minimum atomic E-state index is -4.58. The summed E-state index contributed by atoms with van der Waals surface area (Å²) >= 11 is 0. The summed E-state index contributed by atoms with van der Waals surface area (Å²) in [5.41, 5.74) is -0.509. The molecule has 1 saturated heterocycles. The van der Waals surface area contributed by atoms with Crippen molar-refractivity contribution in [1.82, 2.24) is 0 Å². The van der Waals surface area contributed by atoms with Crippen LogP contribution in [0.4, 0.5) is 18.9 Å². The largest absolute Gasteiger partial charge is 0.508 e. The lowest BCUT2D eigenvalue weighted by molar-refractivity contribution is -0.137. The number of Topliss-reactive ketones (excluding diaryl/α,β-unsaturated/α-hetero) is 1. The molecule has 1 amide bonds. The van der Waals surface area contributed by atoms with Gasteiger partial charge in [0.2, 0.25) is 0 Å². The summed E-state index contributed by atoms with van der Waals surface area (Å²) in [6.45, 7) is 0. The third kappa shape index (κ3) is 3.96. The Labute approximate surface area is 203 Å². The zero-order valence-electron chi connectivity index (χ0n) is 18.5. The fraction of sp³-hybridized carbons (Fsp3) is 0.0714. The second-order valence-electron chi connectivity index (χ2n) is 8.37. The van der Waals surface area contributed by atoms with Crippen LogP contribution in [0.15, 0.2) is 96.6 Å². The van der Waals surface area contributed by atoms with E-state index in [1.807, 2.05) is 24.3 Å². The van der Waals surface area contributed by atoms with Crippen LogP contribution in [-0.2, 0) is 15.8 Å². The lowest BCUT2D eigenvalue weighted by Crippen LogP contribution is -2.29. The monoisotopic (exact) mass is 489 g/mol. The molecule has 0 spiro atoms. The van der Waals surface area contributed by atoms with Gasteiger partial charge in [-0.2, -0.15) is 13.2 Å². The number of aromatic hydroxyl groups is 1. The van der Waals surface area contributed by atoms with Crippen LogP contribution < -0.4 is 4.90 Å². The molecule has 2 N–H and O–H groups in total. The number of fused-ring (bicyclic) bond motifs is 1. The van der Waals surface area contributed by atoms with Gasteiger partial charge in [-0.15, -0.1) is 0 Å². The molecule has 0 bridgehead atoms. The summed E-state index contributed by atoms with van der Waals surface area (Å²) in [6, 6.07) is 20.9. The molecule has 1 aliphatic heterocycles. The number of carbonyl (C=O) groups excluding carboxylic acids is 2. The summed E-state index contributed by atoms with van der Waals surface area (Å²) in [7, 11) is 0. The minimum absolute atomic E-state index is 0.0380. The van der Waals surface area contributed by atoms with E-state index in [2.05, 4.69) is 0 Å². The van der Waals surface area contributed by atoms with E-state index in [4.69, 9.17) is 0 Å². The van der Waals surface area contributed by atoms with Gasteiger partial charge in [-0.3, -0.25) is 14.5 Å². The van der Waals surface area contributed by atoms with Gasteiger partial charge >= 0.3 is 6.18 Å². The number of amides is 1. The van der Waals surface area contributed by atoms with Crippen LogP contribution in [0.1, 0.15) is 22.7 Å². The van der Waals surface area contributed by atoms with Crippen molar-refractivity contribution in [3.05, 3.63) is 113 Å². The predicted molar refractivity (Wildman–Crippen MR) is 128 cm³/mol. The van der Waals surface area contributed by atoms with Crippen LogP contribution in [0.25, 0.3) is 16.5 Å². The molecule has 4 aromatic carbocycles. The van der Waals surface area contributed by atoms with E-state index >= 15 is 0 Å². The van der Waals surface area contributed by atoms with Crippen LogP contribution >= 0.6 is 0 Å². The molecule has 1 atom stereocenters. The highest BCUT2D eigenvalue weighted by Gasteiger charge is 2.47. The highest BCUT2D eigenvalue weighted by atomic mass is 19.4. The lowest BCUT2D eigenvalue weighted by atomic mass is 9.94. The number of aliphatic hydroxyl groups is 1. The first-order chi connectivity index (χ1) is 17.1. The Balaban J connectivity index is 1.70. The van der Waals surface area contributed by atoms with Crippen LogP contribution in [-0.4, -0.2) is 21.9 Å². The molecule has 1 fully saturated rings. The maximum absolute atomic E-state index is 13.2. The van der Waals surface area contributed by atoms with Crippen LogP contribution in [0.5, 0.6) is 5.75 Å². The topological polar surface area (TPSA) is 77.8 Å². The molecule has 1 aliphatic rings. The fourth-order valence-corrected chi connectivity index (χ4v) is 4.41. The molecule has 5 nitrogen and oxygen atoms in total. The van der Waals surface area contributed by atoms with Crippen molar-refractivity contribution in [3.8, 4) is 5.75 Å². The van der Waals surface area contributed by atoms with Gasteiger partial charge in [-0.1, -0.05) is 48.5 Å². The second kappa shape index (κ2) is 8.57. The molecule has 5 rings (SSSR count). The number of aliphatic hydroxyl groups excluding tert-OH is 1. The molecular weight excluding hydrogens is 471 g/mol. The number of halogens is 3. The third-order valence-electron chi connectivity index (χ3n) is 6.13. The molecule has 36 heavy (non-hydrogen) atoms. The summed E-state index contributed by atoms with van der Waals surface area (Å²) in [4.78, 5) is 27.4. The molecule has 0 radical (unpaired) electrons. The number of rotatable bonds is 3. The number of nitrogens with zero attached hydrogens (tertiary/aromatic N) is 1. The molecule has 180 valence electrons. The molecule has 8 heteroatoms. The van der Waals surface area contributed by atoms with Crippen molar-refractivity contribution in [1.29, 1.82) is 0 Å². The van der Waals surface area contributed by atoms with Crippen LogP contribution in [0.3, 0.4) is 0 Å². The Morgan fingerprint density at radius 2 is 1.50 bits per heavy atom. The Kier molecular flexibility index (Phi) is 5.51. The van der Waals surface area contributed by atoms with Crippen LogP contribution in [0, 0.1) is 0 Å². The molecule has 0 aliphatic carbocycles. The van der Waals surface area contributed by atoms with Gasteiger partial charge in [-0.25, -0.2) is 0 Å². The molecule has 1 heterocycles. The number of hydrogen-bond donors (Lipinski definition) is 2. The Bertz CT molecular complexity index is 1540. The molecule has 0 aromatic heterocycles. The predicted octanol–water partition coefficient (Wildman–Crippen LogP) is 6.19. The molecule has 0 saturated carbocycles. The Morgan fingerprint density at radius 3 is 2.17 bits per heavy atom. The van der Waals surface area contributed by atoms with Crippen LogP contribution in [0.2, 0.25) is 0 Å². The number of phenols is 1. The van der Waals surface area contributed by atoms with Crippen molar-refractivity contribution in [3.63, 3.8) is 0 Å². The van der Waals surface area contributed by atoms with Crippen molar-refractivity contribution >= 4 is 33.9 Å². The Morgan fingerprint density at radius 1 is 0.806 bits per heavy atom. The van der Waals surface area contributed by atoms with E-state index < -0.39 is 35.2 Å². The normalized spacial score (nSPS) is 17.6. The van der Waals surface area contributed by atoms with E-state index in [9.17, 15) is 33.0 Å². The van der Waals surface area contributed by atoms with Gasteiger partial charge in [-0.05, 0) is 58.8 Å².